The van der Waals surface area contributed by atoms with Crippen molar-refractivity contribution in [1.82, 2.24) is 0 Å². The molecule has 0 aromatic carbocycles. The van der Waals surface area contributed by atoms with Crippen LogP contribution in [0.2, 0.25) is 0 Å². The van der Waals surface area contributed by atoms with Crippen LogP contribution < -0.4 is 5.11 Å². The first-order valence-corrected chi connectivity index (χ1v) is 33.6. The number of unbranched alkanes of at least 4 members (excludes halogenated alkanes) is 42. The number of hydrogen-bond donors (Lipinski definition) is 0. The van der Waals surface area contributed by atoms with E-state index in [1.54, 1.807) is 0 Å². The molecule has 2 unspecified atom stereocenters. The van der Waals surface area contributed by atoms with Crippen molar-refractivity contribution in [1.29, 1.82) is 0 Å². The fraction of sp³-hybridized carbons (Fsp3) is 0.870. The van der Waals surface area contributed by atoms with Gasteiger partial charge in [-0.05, 0) is 51.4 Å². The zero-order valence-electron chi connectivity index (χ0n) is 52.3. The van der Waals surface area contributed by atoms with E-state index in [4.69, 9.17) is 18.9 Å². The Bertz CT molecular complexity index is 1370. The molecule has 0 spiro atoms. The summed E-state index contributed by atoms with van der Waals surface area (Å²) in [5.74, 6) is -2.26. The van der Waals surface area contributed by atoms with Gasteiger partial charge in [0.05, 0.1) is 40.3 Å². The molecule has 0 rings (SSSR count). The van der Waals surface area contributed by atoms with E-state index < -0.39 is 24.3 Å². The van der Waals surface area contributed by atoms with Gasteiger partial charge < -0.3 is 33.3 Å². The molecule has 0 saturated heterocycles. The topological polar surface area (TPSA) is 111 Å². The number of hydrogen-bond acceptors (Lipinski definition) is 8. The Morgan fingerprint density at radius 1 is 0.385 bits per heavy atom. The minimum atomic E-state index is -1.62. The first kappa shape index (κ1) is 75.5. The van der Waals surface area contributed by atoms with Crippen LogP contribution in [0, 0.1) is 0 Å². The van der Waals surface area contributed by atoms with Gasteiger partial charge in [0, 0.05) is 12.8 Å². The first-order chi connectivity index (χ1) is 38.1. The number of carboxylic acid groups (broad SMARTS) is 1. The second-order valence-corrected chi connectivity index (χ2v) is 24.1. The Morgan fingerprint density at radius 3 is 1.03 bits per heavy atom. The molecule has 0 bridgehead atoms. The Hall–Kier alpha value is -2.49. The van der Waals surface area contributed by atoms with Gasteiger partial charge in [-0.1, -0.05) is 301 Å². The van der Waals surface area contributed by atoms with Crippen LogP contribution in [0.15, 0.2) is 36.5 Å². The molecule has 9 heteroatoms. The number of aliphatic carboxylic acids is 1. The summed E-state index contributed by atoms with van der Waals surface area (Å²) < 4.78 is 22.8. The summed E-state index contributed by atoms with van der Waals surface area (Å²) in [7, 11) is 5.94. The summed E-state index contributed by atoms with van der Waals surface area (Å²) in [4.78, 5) is 37.4. The van der Waals surface area contributed by atoms with Crippen LogP contribution in [0.5, 0.6) is 0 Å². The van der Waals surface area contributed by atoms with Gasteiger partial charge in [-0.2, -0.15) is 0 Å². The number of ether oxygens (including phenoxy) is 4. The van der Waals surface area contributed by atoms with Crippen molar-refractivity contribution in [3.63, 3.8) is 0 Å². The number of carbonyl (C=O) groups excluding carboxylic acids is 3. The van der Waals surface area contributed by atoms with Crippen molar-refractivity contribution < 1.29 is 42.9 Å². The quantitative estimate of drug-likeness (QED) is 0.0195. The number of carbonyl (C=O) groups is 3. The predicted octanol–water partition coefficient (Wildman–Crippen LogP) is 19.1. The van der Waals surface area contributed by atoms with Crippen LogP contribution in [0.4, 0.5) is 0 Å². The fourth-order valence-electron chi connectivity index (χ4n) is 9.96. The van der Waals surface area contributed by atoms with Gasteiger partial charge in [0.2, 0.25) is 0 Å². The maximum atomic E-state index is 12.9. The molecule has 0 aliphatic rings. The van der Waals surface area contributed by atoms with Crippen LogP contribution in [-0.2, 0) is 33.3 Å². The molecule has 0 fully saturated rings. The number of carboxylic acids is 1. The van der Waals surface area contributed by atoms with Crippen molar-refractivity contribution in [2.24, 2.45) is 0 Å². The third kappa shape index (κ3) is 61.1. The summed E-state index contributed by atoms with van der Waals surface area (Å²) in [5.41, 5.74) is 0. The van der Waals surface area contributed by atoms with Crippen molar-refractivity contribution in [3.05, 3.63) is 36.5 Å². The van der Waals surface area contributed by atoms with Gasteiger partial charge in [-0.3, -0.25) is 9.59 Å². The molecule has 0 aromatic heterocycles. The number of quaternary nitrogens is 1. The molecule has 0 amide bonds. The van der Waals surface area contributed by atoms with Crippen LogP contribution in [-0.4, -0.2) is 82.3 Å². The minimum Gasteiger partial charge on any atom is -0.545 e. The average Bonchev–Trinajstić information content (AvgIpc) is 3.41. The zero-order valence-corrected chi connectivity index (χ0v) is 52.3. The summed E-state index contributed by atoms with van der Waals surface area (Å²) in [6.45, 7) is 4.80. The smallest absolute Gasteiger partial charge is 0.306 e. The number of esters is 2. The lowest BCUT2D eigenvalue weighted by atomic mass is 10.0. The van der Waals surface area contributed by atoms with Gasteiger partial charge >= 0.3 is 11.9 Å². The van der Waals surface area contributed by atoms with E-state index in [-0.39, 0.29) is 32.2 Å². The van der Waals surface area contributed by atoms with E-state index in [2.05, 4.69) is 50.3 Å². The molecule has 78 heavy (non-hydrogen) atoms. The maximum absolute atomic E-state index is 12.9. The third-order valence-corrected chi connectivity index (χ3v) is 15.1. The van der Waals surface area contributed by atoms with E-state index in [1.807, 2.05) is 21.1 Å². The van der Waals surface area contributed by atoms with Gasteiger partial charge in [0.1, 0.15) is 13.2 Å². The zero-order chi connectivity index (χ0) is 56.9. The highest BCUT2D eigenvalue weighted by Crippen LogP contribution is 2.18. The van der Waals surface area contributed by atoms with Crippen LogP contribution in [0.1, 0.15) is 328 Å². The Balaban J connectivity index is 4.12. The molecule has 0 saturated carbocycles. The summed E-state index contributed by atoms with van der Waals surface area (Å²) >= 11 is 0. The van der Waals surface area contributed by atoms with E-state index in [0.717, 1.165) is 44.9 Å². The SMILES string of the molecule is CCCCCCC/C=C\C/C=C\C/C=C\CCCCCCCCCCCCCCCCC(=O)OC(COC(=O)CCCCCCCCCCCCCCCCCCCCCCCCCC)COC(OCC[N+](C)(C)C)C(=O)[O-]. The highest BCUT2D eigenvalue weighted by atomic mass is 16.7. The molecule has 458 valence electrons. The van der Waals surface area contributed by atoms with Gasteiger partial charge in [-0.25, -0.2) is 0 Å². The van der Waals surface area contributed by atoms with Crippen molar-refractivity contribution >= 4 is 17.9 Å². The highest BCUT2D eigenvalue weighted by Gasteiger charge is 2.22. The monoisotopic (exact) mass is 1100 g/mol. The van der Waals surface area contributed by atoms with Crippen LogP contribution >= 0.6 is 0 Å². The van der Waals surface area contributed by atoms with Crippen molar-refractivity contribution in [2.45, 2.75) is 341 Å². The third-order valence-electron chi connectivity index (χ3n) is 15.1. The molecule has 0 N–H and O–H groups in total. The number of rotatable bonds is 63. The largest absolute Gasteiger partial charge is 0.545 e. The van der Waals surface area contributed by atoms with E-state index >= 15 is 0 Å². The molecule has 2 atom stereocenters. The molecular formula is C69H129NO8. The molecule has 0 aromatic rings. The molecule has 0 radical (unpaired) electrons. The number of likely N-dealkylation sites (N-methyl/N-ethyl adjacent to an activating group) is 1. The average molecular weight is 1100 g/mol. The standard InChI is InChI=1S/C69H129NO8/c1-6-8-10-12-14-16-18-20-22-24-26-28-30-32-33-34-35-36-38-40-42-44-46-48-50-52-54-56-58-60-67(72)78-65(64-77-69(68(73)74)75-62-61-70(3,4)5)63-76-66(71)59-57-55-53-51-49-47-45-43-41-39-37-31-29-27-25-23-21-19-17-15-13-11-9-7-2/h18,20,24,26,30,32,65,69H,6-17,19,21-23,25,27-29,31,33-64H2,1-5H3/b20-18-,26-24-,32-30-. The number of allylic oxidation sites excluding steroid dienone is 6. The molecule has 0 aliphatic heterocycles. The maximum Gasteiger partial charge on any atom is 0.306 e. The van der Waals surface area contributed by atoms with Gasteiger partial charge in [0.25, 0.3) is 0 Å². The van der Waals surface area contributed by atoms with Gasteiger partial charge in [0.15, 0.2) is 12.4 Å². The highest BCUT2D eigenvalue weighted by molar-refractivity contribution is 5.70. The first-order valence-electron chi connectivity index (χ1n) is 33.6. The summed E-state index contributed by atoms with van der Waals surface area (Å²) in [5, 5.41) is 11.8. The van der Waals surface area contributed by atoms with E-state index in [0.29, 0.717) is 23.9 Å². The molecule has 0 aliphatic carbocycles. The minimum absolute atomic E-state index is 0.150. The van der Waals surface area contributed by atoms with Crippen LogP contribution in [0.25, 0.3) is 0 Å². The normalized spacial score (nSPS) is 12.9. The molecule has 9 nitrogen and oxygen atoms in total. The lowest BCUT2D eigenvalue weighted by molar-refractivity contribution is -0.870. The lowest BCUT2D eigenvalue weighted by Gasteiger charge is -2.26. The van der Waals surface area contributed by atoms with Crippen molar-refractivity contribution in [3.8, 4) is 0 Å². The number of nitrogens with zero attached hydrogens (tertiary/aromatic N) is 1. The van der Waals surface area contributed by atoms with E-state index in [9.17, 15) is 19.5 Å². The fourth-order valence-corrected chi connectivity index (χ4v) is 9.96. The second-order valence-electron chi connectivity index (χ2n) is 24.1. The predicted molar refractivity (Wildman–Crippen MR) is 329 cm³/mol. The summed E-state index contributed by atoms with van der Waals surface area (Å²) in [6.07, 6.45) is 72.1. The Labute approximate surface area is 483 Å². The van der Waals surface area contributed by atoms with E-state index in [1.165, 1.54) is 250 Å². The molecular weight excluding hydrogens is 971 g/mol. The lowest BCUT2D eigenvalue weighted by Crippen LogP contribution is -2.44. The Morgan fingerprint density at radius 2 is 0.692 bits per heavy atom. The van der Waals surface area contributed by atoms with Crippen molar-refractivity contribution in [2.75, 3.05) is 47.5 Å². The second kappa shape index (κ2) is 60.6. The summed E-state index contributed by atoms with van der Waals surface area (Å²) in [6, 6.07) is 0. The van der Waals surface area contributed by atoms with Gasteiger partial charge in [-0.15, -0.1) is 0 Å². The Kier molecular flexibility index (Phi) is 58.7. The van der Waals surface area contributed by atoms with Crippen LogP contribution in [0.3, 0.4) is 0 Å². The molecule has 0 heterocycles.